The molecule has 0 aliphatic rings. The molecule has 0 N–H and O–H groups in total. The van der Waals surface area contributed by atoms with Crippen molar-refractivity contribution in [3.63, 3.8) is 0 Å². The average Bonchev–Trinajstić information content (AvgIpc) is 2.50. The van der Waals surface area contributed by atoms with Crippen LogP contribution in [-0.2, 0) is 6.54 Å². The summed E-state index contributed by atoms with van der Waals surface area (Å²) in [4.78, 5) is 11.8. The Kier molecular flexibility index (Phi) is 4.32. The number of hydrogen-bond acceptors (Lipinski definition) is 4. The first-order valence-corrected chi connectivity index (χ1v) is 6.26. The number of rotatable bonds is 4. The number of non-ortho nitro benzene ring substituents is 1. The van der Waals surface area contributed by atoms with Crippen molar-refractivity contribution in [3.8, 4) is 6.07 Å². The van der Waals surface area contributed by atoms with E-state index in [2.05, 4.69) is 0 Å². The highest BCUT2D eigenvalue weighted by Gasteiger charge is 2.14. The summed E-state index contributed by atoms with van der Waals surface area (Å²) in [6.07, 6.45) is 0. The van der Waals surface area contributed by atoms with Crippen LogP contribution in [0.15, 0.2) is 36.4 Å². The summed E-state index contributed by atoms with van der Waals surface area (Å²) in [5.41, 5.74) is 0.947. The molecule has 7 heteroatoms. The molecule has 0 fully saturated rings. The first kappa shape index (κ1) is 15.4. The van der Waals surface area contributed by atoms with Crippen molar-refractivity contribution in [1.29, 1.82) is 5.26 Å². The molecule has 0 heterocycles. The highest BCUT2D eigenvalue weighted by Crippen LogP contribution is 2.25. The predicted octanol–water partition coefficient (Wildman–Crippen LogP) is 3.38. The van der Waals surface area contributed by atoms with Gasteiger partial charge in [-0.3, -0.25) is 10.1 Å². The van der Waals surface area contributed by atoms with Crippen LogP contribution in [0.2, 0.25) is 0 Å². The Morgan fingerprint density at radius 2 is 1.95 bits per heavy atom. The SMILES string of the molecule is CN(Cc1ccc(F)c(F)c1)c1ccc([N+](=O)[O-])cc1C#N. The monoisotopic (exact) mass is 303 g/mol. The van der Waals surface area contributed by atoms with Gasteiger partial charge < -0.3 is 4.90 Å². The number of benzene rings is 2. The number of hydrogen-bond donors (Lipinski definition) is 0. The molecule has 2 aromatic rings. The van der Waals surface area contributed by atoms with Crippen LogP contribution in [0.25, 0.3) is 0 Å². The largest absolute Gasteiger partial charge is 0.369 e. The predicted molar refractivity (Wildman–Crippen MR) is 76.3 cm³/mol. The zero-order chi connectivity index (χ0) is 16.3. The molecule has 0 aromatic heterocycles. The van der Waals surface area contributed by atoms with Gasteiger partial charge in [-0.15, -0.1) is 0 Å². The minimum absolute atomic E-state index is 0.138. The van der Waals surface area contributed by atoms with Crippen LogP contribution in [0.4, 0.5) is 20.2 Å². The Morgan fingerprint density at radius 1 is 1.23 bits per heavy atom. The molecule has 0 aliphatic heterocycles. The van der Waals surface area contributed by atoms with E-state index in [4.69, 9.17) is 5.26 Å². The molecule has 0 spiro atoms. The van der Waals surface area contributed by atoms with Crippen molar-refractivity contribution in [2.75, 3.05) is 11.9 Å². The van der Waals surface area contributed by atoms with Crippen LogP contribution < -0.4 is 4.90 Å². The van der Waals surface area contributed by atoms with Crippen molar-refractivity contribution in [2.24, 2.45) is 0 Å². The maximum absolute atomic E-state index is 13.2. The van der Waals surface area contributed by atoms with Crippen molar-refractivity contribution in [2.45, 2.75) is 6.54 Å². The van der Waals surface area contributed by atoms with E-state index in [1.165, 1.54) is 24.3 Å². The van der Waals surface area contributed by atoms with Gasteiger partial charge in [0.15, 0.2) is 11.6 Å². The minimum Gasteiger partial charge on any atom is -0.369 e. The molecule has 0 aliphatic carbocycles. The molecule has 2 aromatic carbocycles. The summed E-state index contributed by atoms with van der Waals surface area (Å²) in [5.74, 6) is -1.88. The average molecular weight is 303 g/mol. The second kappa shape index (κ2) is 6.18. The Bertz CT molecular complexity index is 772. The molecule has 0 saturated heterocycles. The smallest absolute Gasteiger partial charge is 0.270 e. The van der Waals surface area contributed by atoms with Gasteiger partial charge in [0.2, 0.25) is 0 Å². The van der Waals surface area contributed by atoms with E-state index in [1.54, 1.807) is 11.9 Å². The lowest BCUT2D eigenvalue weighted by Gasteiger charge is -2.20. The fraction of sp³-hybridized carbons (Fsp3) is 0.133. The first-order chi connectivity index (χ1) is 10.4. The summed E-state index contributed by atoms with van der Waals surface area (Å²) in [6, 6.07) is 9.36. The van der Waals surface area contributed by atoms with Crippen molar-refractivity contribution in [3.05, 3.63) is 69.3 Å². The van der Waals surface area contributed by atoms with E-state index in [0.29, 0.717) is 11.3 Å². The van der Waals surface area contributed by atoms with Crippen LogP contribution in [0, 0.1) is 33.1 Å². The Hall–Kier alpha value is -3.01. The number of nitro groups is 1. The van der Waals surface area contributed by atoms with Crippen molar-refractivity contribution in [1.82, 2.24) is 0 Å². The number of halogens is 2. The molecule has 22 heavy (non-hydrogen) atoms. The van der Waals surface area contributed by atoms with E-state index in [9.17, 15) is 18.9 Å². The Morgan fingerprint density at radius 3 is 2.55 bits per heavy atom. The lowest BCUT2D eigenvalue weighted by Crippen LogP contribution is -2.17. The van der Waals surface area contributed by atoms with Gasteiger partial charge in [-0.25, -0.2) is 8.78 Å². The summed E-state index contributed by atoms with van der Waals surface area (Å²) in [7, 11) is 1.66. The van der Waals surface area contributed by atoms with Gasteiger partial charge in [0, 0.05) is 25.7 Å². The maximum Gasteiger partial charge on any atom is 0.270 e. The number of nitrogens with zero attached hydrogens (tertiary/aromatic N) is 3. The maximum atomic E-state index is 13.2. The fourth-order valence-corrected chi connectivity index (χ4v) is 2.06. The summed E-state index contributed by atoms with van der Waals surface area (Å²) in [6.45, 7) is 0.226. The van der Waals surface area contributed by atoms with Crippen LogP contribution >= 0.6 is 0 Å². The number of nitriles is 1. The summed E-state index contributed by atoms with van der Waals surface area (Å²) >= 11 is 0. The summed E-state index contributed by atoms with van der Waals surface area (Å²) < 4.78 is 26.1. The van der Waals surface area contributed by atoms with Crippen LogP contribution in [0.5, 0.6) is 0 Å². The minimum atomic E-state index is -0.949. The highest BCUT2D eigenvalue weighted by atomic mass is 19.2. The quantitative estimate of drug-likeness (QED) is 0.641. The lowest BCUT2D eigenvalue weighted by atomic mass is 10.1. The molecular formula is C15H11F2N3O2. The van der Waals surface area contributed by atoms with Gasteiger partial charge in [0.1, 0.15) is 6.07 Å². The van der Waals surface area contributed by atoms with Gasteiger partial charge in [0.05, 0.1) is 16.2 Å². The molecule has 112 valence electrons. The molecule has 5 nitrogen and oxygen atoms in total. The van der Waals surface area contributed by atoms with E-state index in [-0.39, 0.29) is 17.8 Å². The zero-order valence-electron chi connectivity index (χ0n) is 11.6. The van der Waals surface area contributed by atoms with Crippen LogP contribution in [0.1, 0.15) is 11.1 Å². The second-order valence-corrected chi connectivity index (χ2v) is 4.67. The first-order valence-electron chi connectivity index (χ1n) is 6.26. The summed E-state index contributed by atoms with van der Waals surface area (Å²) in [5, 5.41) is 19.8. The standard InChI is InChI=1S/C15H11F2N3O2/c1-19(9-10-2-4-13(16)14(17)6-10)15-5-3-12(20(21)22)7-11(15)8-18/h2-7H,9H2,1H3. The van der Waals surface area contributed by atoms with Gasteiger partial charge in [-0.2, -0.15) is 5.26 Å². The van der Waals surface area contributed by atoms with Gasteiger partial charge in [-0.1, -0.05) is 6.07 Å². The topological polar surface area (TPSA) is 70.2 Å². The third-order valence-corrected chi connectivity index (χ3v) is 3.13. The highest BCUT2D eigenvalue weighted by molar-refractivity contribution is 5.62. The third kappa shape index (κ3) is 3.17. The molecule has 0 saturated carbocycles. The lowest BCUT2D eigenvalue weighted by molar-refractivity contribution is -0.384. The van der Waals surface area contributed by atoms with Crippen LogP contribution in [-0.4, -0.2) is 12.0 Å². The Balaban J connectivity index is 2.29. The second-order valence-electron chi connectivity index (χ2n) is 4.67. The molecule has 0 amide bonds. The van der Waals surface area contributed by atoms with Crippen LogP contribution in [0.3, 0.4) is 0 Å². The van der Waals surface area contributed by atoms with Crippen molar-refractivity contribution < 1.29 is 13.7 Å². The van der Waals surface area contributed by atoms with E-state index in [1.807, 2.05) is 6.07 Å². The number of nitro benzene ring substituents is 1. The fourth-order valence-electron chi connectivity index (χ4n) is 2.06. The number of anilines is 1. The molecule has 0 bridgehead atoms. The normalized spacial score (nSPS) is 10.1. The molecule has 0 atom stereocenters. The van der Waals surface area contributed by atoms with E-state index < -0.39 is 16.6 Å². The third-order valence-electron chi connectivity index (χ3n) is 3.13. The van der Waals surface area contributed by atoms with Gasteiger partial charge in [0.25, 0.3) is 5.69 Å². The molecular weight excluding hydrogens is 292 g/mol. The van der Waals surface area contributed by atoms with Crippen molar-refractivity contribution >= 4 is 11.4 Å². The van der Waals surface area contributed by atoms with Gasteiger partial charge in [-0.05, 0) is 23.8 Å². The molecule has 0 unspecified atom stereocenters. The van der Waals surface area contributed by atoms with Gasteiger partial charge >= 0.3 is 0 Å². The van der Waals surface area contributed by atoms with E-state index >= 15 is 0 Å². The molecule has 2 rings (SSSR count). The zero-order valence-corrected chi connectivity index (χ0v) is 11.6. The van der Waals surface area contributed by atoms with E-state index in [0.717, 1.165) is 12.1 Å². The molecule has 0 radical (unpaired) electrons. The Labute approximate surface area is 125 Å².